The van der Waals surface area contributed by atoms with Gasteiger partial charge in [-0.15, -0.1) is 0 Å². The zero-order chi connectivity index (χ0) is 11.3. The maximum absolute atomic E-state index is 11.4. The van der Waals surface area contributed by atoms with Gasteiger partial charge in [0.2, 0.25) is 5.56 Å². The molecule has 0 fully saturated rings. The molecule has 0 aliphatic rings. The Kier molecular flexibility index (Phi) is 4.02. The Morgan fingerprint density at radius 1 is 1.53 bits per heavy atom. The van der Waals surface area contributed by atoms with E-state index in [2.05, 4.69) is 10.3 Å². The van der Waals surface area contributed by atoms with Crippen molar-refractivity contribution >= 4 is 5.91 Å². The summed E-state index contributed by atoms with van der Waals surface area (Å²) in [6, 6.07) is 2.61. The number of rotatable bonds is 4. The minimum atomic E-state index is -0.975. The minimum Gasteiger partial charge on any atom is -0.394 e. The molecule has 0 spiro atoms. The summed E-state index contributed by atoms with van der Waals surface area (Å²) < 4.78 is 0. The Balaban J connectivity index is 2.54. The van der Waals surface area contributed by atoms with E-state index in [9.17, 15) is 9.59 Å². The van der Waals surface area contributed by atoms with E-state index in [1.807, 2.05) is 0 Å². The first-order chi connectivity index (χ1) is 7.13. The van der Waals surface area contributed by atoms with Crippen molar-refractivity contribution in [2.24, 2.45) is 0 Å². The van der Waals surface area contributed by atoms with Crippen LogP contribution < -0.4 is 10.9 Å². The molecular weight excluding hydrogens is 200 g/mol. The summed E-state index contributed by atoms with van der Waals surface area (Å²) >= 11 is 0. The number of nitrogens with one attached hydrogen (secondary N) is 2. The van der Waals surface area contributed by atoms with Gasteiger partial charge in [-0.25, -0.2) is 0 Å². The van der Waals surface area contributed by atoms with Crippen LogP contribution in [0.2, 0.25) is 0 Å². The standard InChI is InChI=1S/C9H12N2O4/c12-5-7(13)4-11-9(15)6-1-2-8(14)10-3-6/h1-3,7,12-13H,4-5H2,(H,10,14)(H,11,15). The van der Waals surface area contributed by atoms with Crippen LogP contribution in [-0.2, 0) is 0 Å². The van der Waals surface area contributed by atoms with Gasteiger partial charge < -0.3 is 20.5 Å². The number of amides is 1. The van der Waals surface area contributed by atoms with Gasteiger partial charge in [-0.3, -0.25) is 9.59 Å². The molecule has 0 aromatic carbocycles. The van der Waals surface area contributed by atoms with Crippen LogP contribution in [0.1, 0.15) is 10.4 Å². The van der Waals surface area contributed by atoms with Crippen molar-refractivity contribution in [3.8, 4) is 0 Å². The number of hydrogen-bond acceptors (Lipinski definition) is 4. The zero-order valence-corrected chi connectivity index (χ0v) is 7.93. The molecule has 6 heteroatoms. The number of aromatic nitrogens is 1. The van der Waals surface area contributed by atoms with Gasteiger partial charge in [-0.2, -0.15) is 0 Å². The zero-order valence-electron chi connectivity index (χ0n) is 7.93. The SMILES string of the molecule is O=C(NCC(O)CO)c1ccc(=O)[nH]c1. The fourth-order valence-corrected chi connectivity index (χ4v) is 0.929. The Morgan fingerprint density at radius 3 is 2.80 bits per heavy atom. The fraction of sp³-hybridized carbons (Fsp3) is 0.333. The molecule has 1 unspecified atom stereocenters. The topological polar surface area (TPSA) is 102 Å². The molecule has 1 heterocycles. The van der Waals surface area contributed by atoms with Gasteiger partial charge in [0.25, 0.3) is 5.91 Å². The number of aliphatic hydroxyl groups is 2. The number of carbonyl (C=O) groups excluding carboxylic acids is 1. The molecule has 1 aromatic heterocycles. The third-order valence-corrected chi connectivity index (χ3v) is 1.76. The van der Waals surface area contributed by atoms with Gasteiger partial charge in [-0.1, -0.05) is 0 Å². The minimum absolute atomic E-state index is 0.0333. The van der Waals surface area contributed by atoms with Crippen LogP contribution >= 0.6 is 0 Å². The van der Waals surface area contributed by atoms with E-state index in [0.29, 0.717) is 5.56 Å². The van der Waals surface area contributed by atoms with Crippen LogP contribution in [-0.4, -0.2) is 40.4 Å². The maximum atomic E-state index is 11.4. The van der Waals surface area contributed by atoms with E-state index >= 15 is 0 Å². The number of carbonyl (C=O) groups is 1. The van der Waals surface area contributed by atoms with Crippen LogP contribution in [0.3, 0.4) is 0 Å². The molecule has 0 aliphatic carbocycles. The smallest absolute Gasteiger partial charge is 0.252 e. The first kappa shape index (κ1) is 11.4. The summed E-state index contributed by atoms with van der Waals surface area (Å²) in [7, 11) is 0. The summed E-state index contributed by atoms with van der Waals surface area (Å²) in [5, 5.41) is 19.9. The third kappa shape index (κ3) is 3.53. The van der Waals surface area contributed by atoms with Crippen LogP contribution in [0, 0.1) is 0 Å². The predicted molar refractivity (Wildman–Crippen MR) is 52.5 cm³/mol. The van der Waals surface area contributed by atoms with E-state index < -0.39 is 18.6 Å². The van der Waals surface area contributed by atoms with Crippen LogP contribution in [0.4, 0.5) is 0 Å². The average Bonchev–Trinajstić information content (AvgIpc) is 2.26. The normalized spacial score (nSPS) is 12.1. The monoisotopic (exact) mass is 212 g/mol. The van der Waals surface area contributed by atoms with E-state index in [1.54, 1.807) is 0 Å². The lowest BCUT2D eigenvalue weighted by molar-refractivity contribution is 0.0801. The summed E-state index contributed by atoms with van der Waals surface area (Å²) in [6.45, 7) is -0.444. The van der Waals surface area contributed by atoms with Crippen molar-refractivity contribution in [1.29, 1.82) is 0 Å². The predicted octanol–water partition coefficient (Wildman–Crippen LogP) is -1.54. The lowest BCUT2D eigenvalue weighted by atomic mass is 10.2. The van der Waals surface area contributed by atoms with Crippen LogP contribution in [0.25, 0.3) is 0 Å². The second kappa shape index (κ2) is 5.28. The van der Waals surface area contributed by atoms with Gasteiger partial charge in [0.1, 0.15) is 0 Å². The molecule has 6 nitrogen and oxygen atoms in total. The summed E-state index contributed by atoms with van der Waals surface area (Å²) in [6.07, 6.45) is 0.305. The molecule has 82 valence electrons. The molecule has 1 amide bonds. The molecule has 0 radical (unpaired) electrons. The van der Waals surface area contributed by atoms with Crippen molar-refractivity contribution in [3.63, 3.8) is 0 Å². The van der Waals surface area contributed by atoms with Crippen molar-refractivity contribution in [3.05, 3.63) is 34.2 Å². The lowest BCUT2D eigenvalue weighted by Gasteiger charge is -2.08. The molecule has 0 bridgehead atoms. The number of hydrogen-bond donors (Lipinski definition) is 4. The summed E-state index contributed by atoms with van der Waals surface area (Å²) in [5.74, 6) is -0.418. The first-order valence-electron chi connectivity index (χ1n) is 4.39. The van der Waals surface area contributed by atoms with Crippen molar-refractivity contribution in [2.45, 2.75) is 6.10 Å². The number of pyridine rings is 1. The highest BCUT2D eigenvalue weighted by Crippen LogP contribution is 1.92. The second-order valence-corrected chi connectivity index (χ2v) is 2.99. The Labute approximate surface area is 85.6 Å². The van der Waals surface area contributed by atoms with E-state index in [1.165, 1.54) is 18.3 Å². The molecule has 1 atom stereocenters. The number of aliphatic hydroxyl groups excluding tert-OH is 2. The van der Waals surface area contributed by atoms with Crippen molar-refractivity contribution in [1.82, 2.24) is 10.3 Å². The van der Waals surface area contributed by atoms with Crippen LogP contribution in [0.5, 0.6) is 0 Å². The number of aromatic amines is 1. The highest BCUT2D eigenvalue weighted by molar-refractivity contribution is 5.93. The van der Waals surface area contributed by atoms with Crippen molar-refractivity contribution in [2.75, 3.05) is 13.2 Å². The van der Waals surface area contributed by atoms with Gasteiger partial charge >= 0.3 is 0 Å². The summed E-state index contributed by atoms with van der Waals surface area (Å²) in [5.41, 5.74) is 0.00156. The van der Waals surface area contributed by atoms with Gasteiger partial charge in [0.05, 0.1) is 18.3 Å². The third-order valence-electron chi connectivity index (χ3n) is 1.76. The second-order valence-electron chi connectivity index (χ2n) is 2.99. The molecule has 1 rings (SSSR count). The van der Waals surface area contributed by atoms with Crippen LogP contribution in [0.15, 0.2) is 23.1 Å². The molecular formula is C9H12N2O4. The molecule has 15 heavy (non-hydrogen) atoms. The first-order valence-corrected chi connectivity index (χ1v) is 4.39. The Bertz CT molecular complexity index is 367. The quantitative estimate of drug-likeness (QED) is 0.485. The molecule has 1 aromatic rings. The molecule has 0 aliphatic heterocycles. The van der Waals surface area contributed by atoms with Gasteiger partial charge in [-0.05, 0) is 6.07 Å². The highest BCUT2D eigenvalue weighted by atomic mass is 16.3. The summed E-state index contributed by atoms with van der Waals surface area (Å²) in [4.78, 5) is 24.4. The molecule has 0 saturated carbocycles. The average molecular weight is 212 g/mol. The number of H-pyrrole nitrogens is 1. The highest BCUT2D eigenvalue weighted by Gasteiger charge is 2.07. The Morgan fingerprint density at radius 2 is 2.27 bits per heavy atom. The van der Waals surface area contributed by atoms with E-state index in [4.69, 9.17) is 10.2 Å². The van der Waals surface area contributed by atoms with Crippen molar-refractivity contribution < 1.29 is 15.0 Å². The largest absolute Gasteiger partial charge is 0.394 e. The Hall–Kier alpha value is -1.66. The lowest BCUT2D eigenvalue weighted by Crippen LogP contribution is -2.34. The molecule has 4 N–H and O–H groups in total. The van der Waals surface area contributed by atoms with E-state index in [0.717, 1.165) is 0 Å². The van der Waals surface area contributed by atoms with E-state index in [-0.39, 0.29) is 12.1 Å². The maximum Gasteiger partial charge on any atom is 0.252 e. The van der Waals surface area contributed by atoms with Gasteiger partial charge in [0, 0.05) is 18.8 Å². The fourth-order valence-electron chi connectivity index (χ4n) is 0.929. The molecule has 0 saturated heterocycles. The van der Waals surface area contributed by atoms with Gasteiger partial charge in [0.15, 0.2) is 0 Å².